The number of anilines is 1. The molecule has 0 aliphatic rings. The standard InChI is InChI=1S/C14H10Br2ClN3O/c1-7-6-20(14(10(7)5-18)19-8(2)21)13-11(16)3-9(15)4-12(13)17/h3-4,6H,1-2H3,(H,19,21). The second kappa shape index (κ2) is 6.22. The van der Waals surface area contributed by atoms with E-state index in [2.05, 4.69) is 43.2 Å². The summed E-state index contributed by atoms with van der Waals surface area (Å²) in [6.07, 6.45) is 1.77. The maximum atomic E-state index is 11.4. The molecule has 108 valence electrons. The van der Waals surface area contributed by atoms with Crippen LogP contribution in [0.5, 0.6) is 0 Å². The van der Waals surface area contributed by atoms with Gasteiger partial charge < -0.3 is 5.32 Å². The van der Waals surface area contributed by atoms with Gasteiger partial charge in [0.1, 0.15) is 11.9 Å². The van der Waals surface area contributed by atoms with Gasteiger partial charge >= 0.3 is 0 Å². The molecule has 7 heteroatoms. The number of hydrogen-bond donors (Lipinski definition) is 1. The Morgan fingerprint density at radius 1 is 1.43 bits per heavy atom. The van der Waals surface area contributed by atoms with Gasteiger partial charge in [0.05, 0.1) is 16.3 Å². The third-order valence-corrected chi connectivity index (χ3v) is 4.17. The van der Waals surface area contributed by atoms with Gasteiger partial charge in [-0.05, 0) is 40.5 Å². The molecule has 4 nitrogen and oxygen atoms in total. The summed E-state index contributed by atoms with van der Waals surface area (Å²) in [6.45, 7) is 3.20. The van der Waals surface area contributed by atoms with Crippen molar-refractivity contribution in [1.82, 2.24) is 4.57 Å². The van der Waals surface area contributed by atoms with E-state index in [1.165, 1.54) is 6.92 Å². The van der Waals surface area contributed by atoms with Crippen molar-refractivity contribution in [2.75, 3.05) is 5.32 Å². The Bertz CT molecular complexity index is 754. The lowest BCUT2D eigenvalue weighted by Gasteiger charge is -2.14. The molecule has 0 fully saturated rings. The number of rotatable bonds is 2. The Kier molecular flexibility index (Phi) is 4.77. The van der Waals surface area contributed by atoms with Gasteiger partial charge in [-0.15, -0.1) is 0 Å². The van der Waals surface area contributed by atoms with Gasteiger partial charge in [-0.25, -0.2) is 0 Å². The van der Waals surface area contributed by atoms with Crippen molar-refractivity contribution < 1.29 is 4.79 Å². The third-order valence-electron chi connectivity index (χ3n) is 2.82. The van der Waals surface area contributed by atoms with Crippen LogP contribution in [0, 0.1) is 18.3 Å². The predicted molar refractivity (Wildman–Crippen MR) is 89.9 cm³/mol. The minimum absolute atomic E-state index is 0.254. The largest absolute Gasteiger partial charge is 0.311 e. The van der Waals surface area contributed by atoms with E-state index in [1.807, 2.05) is 6.07 Å². The molecular formula is C14H10Br2ClN3O. The summed E-state index contributed by atoms with van der Waals surface area (Å²) >= 11 is 13.1. The van der Waals surface area contributed by atoms with Crippen LogP contribution < -0.4 is 5.32 Å². The van der Waals surface area contributed by atoms with Gasteiger partial charge in [0.2, 0.25) is 5.91 Å². The molecule has 1 aromatic carbocycles. The van der Waals surface area contributed by atoms with E-state index in [1.54, 1.807) is 23.8 Å². The van der Waals surface area contributed by atoms with Crippen LogP contribution in [0.4, 0.5) is 5.82 Å². The lowest BCUT2D eigenvalue weighted by molar-refractivity contribution is -0.114. The number of hydrogen-bond acceptors (Lipinski definition) is 2. The number of nitriles is 1. The van der Waals surface area contributed by atoms with Crippen LogP contribution in [0.25, 0.3) is 5.69 Å². The van der Waals surface area contributed by atoms with Gasteiger partial charge in [-0.1, -0.05) is 27.5 Å². The van der Waals surface area contributed by atoms with E-state index in [4.69, 9.17) is 11.6 Å². The minimum atomic E-state index is -0.254. The van der Waals surface area contributed by atoms with Crippen LogP contribution in [0.2, 0.25) is 5.02 Å². The van der Waals surface area contributed by atoms with Gasteiger partial charge in [-0.3, -0.25) is 9.36 Å². The van der Waals surface area contributed by atoms with E-state index >= 15 is 0 Å². The van der Waals surface area contributed by atoms with E-state index in [-0.39, 0.29) is 5.91 Å². The summed E-state index contributed by atoms with van der Waals surface area (Å²) in [6, 6.07) is 5.70. The predicted octanol–water partition coefficient (Wildman–Crippen LogP) is 4.79. The zero-order chi connectivity index (χ0) is 15.7. The summed E-state index contributed by atoms with van der Waals surface area (Å²) in [7, 11) is 0. The summed E-state index contributed by atoms with van der Waals surface area (Å²) in [4.78, 5) is 11.4. The molecule has 1 aromatic heterocycles. The highest BCUT2D eigenvalue weighted by molar-refractivity contribution is 9.11. The summed E-state index contributed by atoms with van der Waals surface area (Å²) < 4.78 is 3.27. The Morgan fingerprint density at radius 2 is 2.10 bits per heavy atom. The highest BCUT2D eigenvalue weighted by Gasteiger charge is 2.19. The zero-order valence-electron chi connectivity index (χ0n) is 11.2. The van der Waals surface area contributed by atoms with Crippen LogP contribution in [-0.2, 0) is 4.79 Å². The quantitative estimate of drug-likeness (QED) is 0.743. The fourth-order valence-electron chi connectivity index (χ4n) is 2.00. The van der Waals surface area contributed by atoms with Crippen LogP contribution >= 0.6 is 43.5 Å². The van der Waals surface area contributed by atoms with Crippen molar-refractivity contribution in [3.8, 4) is 11.8 Å². The average Bonchev–Trinajstić information content (AvgIpc) is 2.63. The van der Waals surface area contributed by atoms with E-state index < -0.39 is 0 Å². The van der Waals surface area contributed by atoms with Crippen molar-refractivity contribution in [3.63, 3.8) is 0 Å². The molecule has 21 heavy (non-hydrogen) atoms. The molecule has 0 radical (unpaired) electrons. The fraction of sp³-hybridized carbons (Fsp3) is 0.143. The number of carbonyl (C=O) groups excluding carboxylic acids is 1. The van der Waals surface area contributed by atoms with Crippen LogP contribution in [0.3, 0.4) is 0 Å². The van der Waals surface area contributed by atoms with Crippen molar-refractivity contribution in [2.45, 2.75) is 13.8 Å². The second-order valence-electron chi connectivity index (χ2n) is 4.42. The van der Waals surface area contributed by atoms with Crippen molar-refractivity contribution >= 4 is 55.2 Å². The molecule has 0 unspecified atom stereocenters. The Hall–Kier alpha value is -1.29. The monoisotopic (exact) mass is 429 g/mol. The number of carbonyl (C=O) groups is 1. The number of nitrogens with zero attached hydrogens (tertiary/aromatic N) is 2. The number of halogens is 3. The summed E-state index contributed by atoms with van der Waals surface area (Å²) in [5.41, 5.74) is 1.83. The summed E-state index contributed by atoms with van der Waals surface area (Å²) in [5.74, 6) is 0.155. The van der Waals surface area contributed by atoms with Crippen molar-refractivity contribution in [3.05, 3.63) is 43.4 Å². The molecule has 1 heterocycles. The molecule has 0 bridgehead atoms. The van der Waals surface area contributed by atoms with Crippen LogP contribution in [-0.4, -0.2) is 10.5 Å². The molecule has 0 aliphatic carbocycles. The maximum Gasteiger partial charge on any atom is 0.222 e. The van der Waals surface area contributed by atoms with Gasteiger partial charge in [0.15, 0.2) is 0 Å². The zero-order valence-corrected chi connectivity index (χ0v) is 15.1. The third kappa shape index (κ3) is 3.15. The average molecular weight is 432 g/mol. The number of aromatic nitrogens is 1. The Morgan fingerprint density at radius 3 is 2.62 bits per heavy atom. The topological polar surface area (TPSA) is 57.8 Å². The number of amides is 1. The molecule has 0 saturated heterocycles. The molecular weight excluding hydrogens is 421 g/mol. The molecule has 2 rings (SSSR count). The van der Waals surface area contributed by atoms with Gasteiger partial charge in [0.25, 0.3) is 0 Å². The highest BCUT2D eigenvalue weighted by Crippen LogP contribution is 2.36. The first kappa shape index (κ1) is 16.1. The SMILES string of the molecule is CC(=O)Nc1c(C#N)c(C)cn1-c1c(Cl)cc(Br)cc1Br. The normalized spacial score (nSPS) is 10.3. The molecule has 0 aliphatic heterocycles. The molecule has 2 aromatic rings. The summed E-state index contributed by atoms with van der Waals surface area (Å²) in [5, 5.41) is 12.5. The Balaban J connectivity index is 2.76. The number of nitrogens with one attached hydrogen (secondary N) is 1. The molecule has 1 N–H and O–H groups in total. The number of aryl methyl sites for hydroxylation is 1. The molecule has 0 atom stereocenters. The number of benzene rings is 1. The first-order chi connectivity index (χ1) is 9.85. The smallest absolute Gasteiger partial charge is 0.222 e. The maximum absolute atomic E-state index is 11.4. The van der Waals surface area contributed by atoms with Gasteiger partial charge in [-0.2, -0.15) is 5.26 Å². The lowest BCUT2D eigenvalue weighted by atomic mass is 10.2. The lowest BCUT2D eigenvalue weighted by Crippen LogP contribution is -2.11. The van der Waals surface area contributed by atoms with Crippen LogP contribution in [0.1, 0.15) is 18.1 Å². The first-order valence-corrected chi connectivity index (χ1v) is 7.86. The van der Waals surface area contributed by atoms with E-state index in [0.717, 1.165) is 14.5 Å². The molecule has 1 amide bonds. The van der Waals surface area contributed by atoms with Gasteiger partial charge in [0, 0.05) is 22.1 Å². The van der Waals surface area contributed by atoms with Crippen LogP contribution in [0.15, 0.2) is 27.3 Å². The second-order valence-corrected chi connectivity index (χ2v) is 6.59. The molecule has 0 saturated carbocycles. The van der Waals surface area contributed by atoms with E-state index in [0.29, 0.717) is 22.1 Å². The fourth-order valence-corrected chi connectivity index (χ4v) is 3.97. The molecule has 0 spiro atoms. The van der Waals surface area contributed by atoms with Crippen molar-refractivity contribution in [2.24, 2.45) is 0 Å². The highest BCUT2D eigenvalue weighted by atomic mass is 79.9. The van der Waals surface area contributed by atoms with E-state index in [9.17, 15) is 10.1 Å². The first-order valence-electron chi connectivity index (χ1n) is 5.89. The minimum Gasteiger partial charge on any atom is -0.311 e. The Labute approximate surface area is 144 Å². The van der Waals surface area contributed by atoms with Crippen molar-refractivity contribution in [1.29, 1.82) is 5.26 Å².